The maximum absolute atomic E-state index is 12.2. The summed E-state index contributed by atoms with van der Waals surface area (Å²) in [6, 6.07) is 14.1. The van der Waals surface area contributed by atoms with Gasteiger partial charge in [0.15, 0.2) is 0 Å². The molecule has 0 fully saturated rings. The minimum absolute atomic E-state index is 0.229. The van der Waals surface area contributed by atoms with Crippen molar-refractivity contribution in [2.75, 3.05) is 5.32 Å². The molecule has 0 radical (unpaired) electrons. The average Bonchev–Trinajstić information content (AvgIpc) is 2.53. The number of para-hydroxylation sites is 2. The summed E-state index contributed by atoms with van der Waals surface area (Å²) in [6.07, 6.45) is -1.21. The first-order valence-electron chi connectivity index (χ1n) is 6.73. The Labute approximate surface area is 132 Å². The highest BCUT2D eigenvalue weighted by Gasteiger charge is 2.33. The molecular weight excluding hydrogens is 304 g/mol. The van der Waals surface area contributed by atoms with E-state index in [0.29, 0.717) is 16.5 Å². The fourth-order valence-corrected chi connectivity index (χ4v) is 2.34. The van der Waals surface area contributed by atoms with Crippen LogP contribution in [0.5, 0.6) is 5.75 Å². The van der Waals surface area contributed by atoms with Gasteiger partial charge in [-0.2, -0.15) is 0 Å². The van der Waals surface area contributed by atoms with Crippen molar-refractivity contribution in [2.24, 2.45) is 0 Å². The van der Waals surface area contributed by atoms with Crippen molar-refractivity contribution in [1.82, 2.24) is 5.32 Å². The maximum atomic E-state index is 12.2. The summed E-state index contributed by atoms with van der Waals surface area (Å²) in [4.78, 5) is 24.1. The first kappa shape index (κ1) is 14.4. The van der Waals surface area contributed by atoms with Crippen molar-refractivity contribution in [2.45, 2.75) is 12.6 Å². The standard InChI is InChI=1S/C16H13ClN2O3/c17-11-6-2-1-5-10(11)9-18-15(20)14-16(21)19-12-7-3-4-8-13(12)22-14/h1-8,14H,9H2,(H,18,20)(H,19,21)/t14-/m0/s1. The van der Waals surface area contributed by atoms with E-state index in [1.807, 2.05) is 12.1 Å². The lowest BCUT2D eigenvalue weighted by Crippen LogP contribution is -2.48. The summed E-state index contributed by atoms with van der Waals surface area (Å²) < 4.78 is 5.47. The second-order valence-corrected chi connectivity index (χ2v) is 5.20. The molecule has 22 heavy (non-hydrogen) atoms. The van der Waals surface area contributed by atoms with Gasteiger partial charge >= 0.3 is 0 Å². The van der Waals surface area contributed by atoms with Crippen molar-refractivity contribution in [3.05, 3.63) is 59.1 Å². The molecule has 6 heteroatoms. The molecule has 3 rings (SSSR count). The Kier molecular flexibility index (Phi) is 3.98. The molecule has 5 nitrogen and oxygen atoms in total. The third-order valence-electron chi connectivity index (χ3n) is 3.28. The molecular formula is C16H13ClN2O3. The van der Waals surface area contributed by atoms with Crippen molar-refractivity contribution >= 4 is 29.1 Å². The highest BCUT2D eigenvalue weighted by molar-refractivity contribution is 6.31. The topological polar surface area (TPSA) is 67.4 Å². The zero-order valence-electron chi connectivity index (χ0n) is 11.5. The summed E-state index contributed by atoms with van der Waals surface area (Å²) in [5.74, 6) is -0.526. The molecule has 0 unspecified atom stereocenters. The zero-order valence-corrected chi connectivity index (χ0v) is 12.3. The Morgan fingerprint density at radius 3 is 2.73 bits per heavy atom. The van der Waals surface area contributed by atoms with Crippen LogP contribution in [0.1, 0.15) is 5.56 Å². The quantitative estimate of drug-likeness (QED) is 0.854. The van der Waals surface area contributed by atoms with E-state index in [2.05, 4.69) is 10.6 Å². The predicted molar refractivity (Wildman–Crippen MR) is 82.8 cm³/mol. The molecule has 2 aromatic rings. The summed E-state index contributed by atoms with van der Waals surface area (Å²) in [5.41, 5.74) is 1.33. The smallest absolute Gasteiger partial charge is 0.275 e. The van der Waals surface area contributed by atoms with Crippen LogP contribution in [0.4, 0.5) is 5.69 Å². The van der Waals surface area contributed by atoms with Gasteiger partial charge in [-0.15, -0.1) is 0 Å². The molecule has 0 saturated heterocycles. The van der Waals surface area contributed by atoms with Gasteiger partial charge in [-0.1, -0.05) is 41.9 Å². The minimum Gasteiger partial charge on any atom is -0.468 e. The Hall–Kier alpha value is -2.53. The second-order valence-electron chi connectivity index (χ2n) is 4.79. The summed E-state index contributed by atoms with van der Waals surface area (Å²) in [6.45, 7) is 0.229. The van der Waals surface area contributed by atoms with Gasteiger partial charge in [0.05, 0.1) is 5.69 Å². The maximum Gasteiger partial charge on any atom is 0.275 e. The van der Waals surface area contributed by atoms with E-state index >= 15 is 0 Å². The van der Waals surface area contributed by atoms with Gasteiger partial charge in [0.2, 0.25) is 0 Å². The molecule has 0 saturated carbocycles. The van der Waals surface area contributed by atoms with Crippen LogP contribution in [0, 0.1) is 0 Å². The van der Waals surface area contributed by atoms with Gasteiger partial charge in [-0.25, -0.2) is 0 Å². The van der Waals surface area contributed by atoms with E-state index in [1.165, 1.54) is 0 Å². The molecule has 0 bridgehead atoms. The first-order valence-corrected chi connectivity index (χ1v) is 7.10. The number of fused-ring (bicyclic) bond motifs is 1. The van der Waals surface area contributed by atoms with E-state index < -0.39 is 17.9 Å². The molecule has 0 aromatic heterocycles. The van der Waals surface area contributed by atoms with Gasteiger partial charge in [0, 0.05) is 11.6 Å². The van der Waals surface area contributed by atoms with Gasteiger partial charge in [0.1, 0.15) is 5.75 Å². The SMILES string of the molecule is O=C(NCc1ccccc1Cl)[C@@H]1Oc2ccccc2NC1=O. The monoisotopic (exact) mass is 316 g/mol. The molecule has 0 aliphatic carbocycles. The van der Waals surface area contributed by atoms with Crippen LogP contribution in [0.15, 0.2) is 48.5 Å². The third-order valence-corrected chi connectivity index (χ3v) is 3.65. The van der Waals surface area contributed by atoms with Gasteiger partial charge in [-0.3, -0.25) is 9.59 Å². The number of rotatable bonds is 3. The normalized spacial score (nSPS) is 16.2. The Bertz CT molecular complexity index is 733. The first-order chi connectivity index (χ1) is 10.6. The molecule has 1 aliphatic heterocycles. The predicted octanol–water partition coefficient (Wildman–Crippen LogP) is 2.36. The Morgan fingerprint density at radius 1 is 1.18 bits per heavy atom. The number of hydrogen-bond acceptors (Lipinski definition) is 3. The Morgan fingerprint density at radius 2 is 1.91 bits per heavy atom. The molecule has 1 aliphatic rings. The summed E-state index contributed by atoms with van der Waals surface area (Å²) in [5, 5.41) is 5.87. The van der Waals surface area contributed by atoms with E-state index in [9.17, 15) is 9.59 Å². The number of hydrogen-bond donors (Lipinski definition) is 2. The van der Waals surface area contributed by atoms with E-state index in [0.717, 1.165) is 5.56 Å². The van der Waals surface area contributed by atoms with Crippen LogP contribution in [-0.2, 0) is 16.1 Å². The van der Waals surface area contributed by atoms with Gasteiger partial charge < -0.3 is 15.4 Å². The van der Waals surface area contributed by atoms with E-state index in [1.54, 1.807) is 36.4 Å². The lowest BCUT2D eigenvalue weighted by molar-refractivity contribution is -0.137. The van der Waals surface area contributed by atoms with Crippen molar-refractivity contribution in [3.8, 4) is 5.75 Å². The molecule has 112 valence electrons. The number of benzene rings is 2. The van der Waals surface area contributed by atoms with Crippen molar-refractivity contribution in [3.63, 3.8) is 0 Å². The number of carbonyl (C=O) groups excluding carboxylic acids is 2. The molecule has 1 heterocycles. The van der Waals surface area contributed by atoms with Crippen molar-refractivity contribution in [1.29, 1.82) is 0 Å². The Balaban J connectivity index is 1.68. The fourth-order valence-electron chi connectivity index (χ4n) is 2.14. The number of halogens is 1. The minimum atomic E-state index is -1.21. The molecule has 2 amide bonds. The zero-order chi connectivity index (χ0) is 15.5. The van der Waals surface area contributed by atoms with Gasteiger partial charge in [-0.05, 0) is 23.8 Å². The number of amides is 2. The van der Waals surface area contributed by atoms with Crippen LogP contribution in [0.3, 0.4) is 0 Å². The van der Waals surface area contributed by atoms with Crippen LogP contribution < -0.4 is 15.4 Å². The summed E-state index contributed by atoms with van der Waals surface area (Å²) in [7, 11) is 0. The lowest BCUT2D eigenvalue weighted by atomic mass is 10.2. The fraction of sp³-hybridized carbons (Fsp3) is 0.125. The van der Waals surface area contributed by atoms with E-state index in [4.69, 9.17) is 16.3 Å². The number of ether oxygens (including phenoxy) is 1. The van der Waals surface area contributed by atoms with E-state index in [-0.39, 0.29) is 6.54 Å². The number of carbonyl (C=O) groups is 2. The second kappa shape index (κ2) is 6.07. The molecule has 0 spiro atoms. The lowest BCUT2D eigenvalue weighted by Gasteiger charge is -2.24. The van der Waals surface area contributed by atoms with Crippen LogP contribution in [0.25, 0.3) is 0 Å². The average molecular weight is 317 g/mol. The number of nitrogens with one attached hydrogen (secondary N) is 2. The highest BCUT2D eigenvalue weighted by atomic mass is 35.5. The van der Waals surface area contributed by atoms with Crippen LogP contribution >= 0.6 is 11.6 Å². The molecule has 1 atom stereocenters. The molecule has 2 aromatic carbocycles. The van der Waals surface area contributed by atoms with Gasteiger partial charge in [0.25, 0.3) is 17.9 Å². The van der Waals surface area contributed by atoms with Crippen molar-refractivity contribution < 1.29 is 14.3 Å². The van der Waals surface area contributed by atoms with Crippen LogP contribution in [0.2, 0.25) is 5.02 Å². The van der Waals surface area contributed by atoms with Crippen LogP contribution in [-0.4, -0.2) is 17.9 Å². The third kappa shape index (κ3) is 2.89. The molecule has 2 N–H and O–H groups in total. The largest absolute Gasteiger partial charge is 0.468 e. The number of anilines is 1. The summed E-state index contributed by atoms with van der Waals surface area (Å²) >= 11 is 6.03. The highest BCUT2D eigenvalue weighted by Crippen LogP contribution is 2.28.